The summed E-state index contributed by atoms with van der Waals surface area (Å²) in [7, 11) is 0. The van der Waals surface area contributed by atoms with Gasteiger partial charge in [0, 0.05) is 48.9 Å². The van der Waals surface area contributed by atoms with Gasteiger partial charge in [-0.25, -0.2) is 4.79 Å². The quantitative estimate of drug-likeness (QED) is 0.0127. The first-order valence-electron chi connectivity index (χ1n) is 44.3. The molecule has 2 aromatic rings. The average molecular weight is 1930 g/mol. The Hall–Kier alpha value is -11.4. The summed E-state index contributed by atoms with van der Waals surface area (Å²) in [5, 5.41) is 100. The van der Waals surface area contributed by atoms with E-state index >= 15 is 0 Å². The Labute approximate surface area is 788 Å². The van der Waals surface area contributed by atoms with Crippen LogP contribution in [0.3, 0.4) is 0 Å². The van der Waals surface area contributed by atoms with Crippen molar-refractivity contribution >= 4 is 132 Å². The second-order valence-electron chi connectivity index (χ2n) is 34.0. The molecule has 3 rings (SSSR count). The van der Waals surface area contributed by atoms with E-state index in [1.807, 2.05) is 0 Å². The highest BCUT2D eigenvalue weighted by Gasteiger charge is 2.46. The fourth-order valence-corrected chi connectivity index (χ4v) is 14.2. The normalized spacial score (nSPS) is 16.9. The molecule has 1 fully saturated rings. The Kier molecular flexibility index (Phi) is 51.2. The molecule has 19 atom stereocenters. The van der Waals surface area contributed by atoms with E-state index in [1.54, 1.807) is 41.5 Å². The third-order valence-electron chi connectivity index (χ3n) is 21.7. The molecule has 752 valence electrons. The van der Waals surface area contributed by atoms with Crippen LogP contribution in [0.15, 0.2) is 53.5 Å². The molecular formula is C84H141N25O23S2. The summed E-state index contributed by atoms with van der Waals surface area (Å²) in [6.45, 7) is 12.1. The largest absolute Gasteiger partial charge is 0.508 e. The van der Waals surface area contributed by atoms with Gasteiger partial charge in [-0.3, -0.25) is 81.7 Å². The number of carboxylic acid groups (broad SMARTS) is 1. The van der Waals surface area contributed by atoms with Crippen LogP contribution >= 0.6 is 25.3 Å². The van der Waals surface area contributed by atoms with Crippen LogP contribution in [0.25, 0.3) is 0 Å². The van der Waals surface area contributed by atoms with E-state index < -0.39 is 246 Å². The lowest BCUT2D eigenvalue weighted by molar-refractivity contribution is -0.142. The Morgan fingerprint density at radius 2 is 0.888 bits per heavy atom. The van der Waals surface area contributed by atoms with E-state index in [0.717, 1.165) is 11.8 Å². The first-order chi connectivity index (χ1) is 63.0. The van der Waals surface area contributed by atoms with Gasteiger partial charge in [0.2, 0.25) is 94.5 Å². The van der Waals surface area contributed by atoms with Gasteiger partial charge in [-0.15, -0.1) is 0 Å². The van der Waals surface area contributed by atoms with Gasteiger partial charge in [0.15, 0.2) is 5.96 Å². The summed E-state index contributed by atoms with van der Waals surface area (Å²) < 4.78 is -1.48. The number of phenolic OH excluding ortho intramolecular Hbond substituents is 2. The van der Waals surface area contributed by atoms with Crippen LogP contribution in [0.2, 0.25) is 0 Å². The number of aromatic hydroxyl groups is 2. The Bertz CT molecular complexity index is 4270. The average Bonchev–Trinajstić information content (AvgIpc) is 1.48. The maximum absolute atomic E-state index is 14.7. The van der Waals surface area contributed by atoms with Gasteiger partial charge in [-0.05, 0) is 159 Å². The van der Waals surface area contributed by atoms with Crippen molar-refractivity contribution in [3.63, 3.8) is 0 Å². The van der Waals surface area contributed by atoms with Crippen molar-refractivity contribution in [2.45, 2.75) is 272 Å². The van der Waals surface area contributed by atoms with Gasteiger partial charge >= 0.3 is 5.97 Å². The number of aliphatic carboxylic acids is 1. The Morgan fingerprint density at radius 1 is 0.493 bits per heavy atom. The van der Waals surface area contributed by atoms with Gasteiger partial charge in [-0.1, -0.05) is 72.2 Å². The molecule has 48 nitrogen and oxygen atoms in total. The van der Waals surface area contributed by atoms with Crippen LogP contribution in [0.1, 0.15) is 150 Å². The van der Waals surface area contributed by atoms with Crippen LogP contribution < -0.4 is 126 Å². The number of β-amino-alcohol motifs (C(OH)–C–C–N with tert-alkyl or cyclic N) is 1. The second kappa shape index (κ2) is 58.7. The molecule has 0 radical (unpaired) electrons. The number of aliphatic hydroxyl groups excluding tert-OH is 3. The molecule has 0 aromatic heterocycles. The second-order valence-corrected chi connectivity index (χ2v) is 35.5. The Morgan fingerprint density at radius 3 is 1.31 bits per heavy atom. The smallest absolute Gasteiger partial charge is 0.326 e. The first-order valence-corrected chi connectivity index (χ1v) is 45.4. The maximum atomic E-state index is 14.7. The highest BCUT2D eigenvalue weighted by atomic mass is 32.1. The van der Waals surface area contributed by atoms with Crippen LogP contribution in [0.4, 0.5) is 0 Å². The Balaban J connectivity index is 1.94. The molecule has 1 aliphatic heterocycles. The molecular weight excluding hydrogens is 1790 g/mol. The van der Waals surface area contributed by atoms with Crippen molar-refractivity contribution in [3.8, 4) is 11.5 Å². The van der Waals surface area contributed by atoms with Crippen molar-refractivity contribution in [1.29, 1.82) is 0 Å². The van der Waals surface area contributed by atoms with Crippen LogP contribution in [-0.4, -0.2) is 320 Å². The standard InChI is InChI=1S/C84H141N25O23S2/c1-10-43(6)64(106-77(126)61-36-49(114)38-109(61)81(130)63(90)41(2)3)78(127)108-66(84(8,9)134)80(129)102-56(34-45-16-20-47(112)21-17-45)73(122)104-59(39-110)75(124)101-57(37-62(89)115)74(123)96-51(15-13-32-94-83(91)92)68(117)99-54(26-31-88)72(121)107-65(44(7)111)79(128)100-55(27-33-93-42(4)5)71(120)95-50(14-11-12-28-85)67(116)97-52(24-29-86)69(118)98-53(25-30-87)70(119)105-60(40-133)76(125)103-58(82(131)132)35-46-18-22-48(113)23-19-46/h16-23,41-44,49-61,63-66,93,110-114,133-134H,10-15,24-40,85-88,90H2,1-9H3,(H2,89,115)(H,95,120)(H,96,123)(H,97,116)(H,98,118)(H,99,117)(H,100,128)(H,101,124)(H,102,129)(H,103,125)(H,104,122)(H,105,119)(H,106,126)(H,107,121)(H,108,127)(H,131,132)(H4,91,92,94)/t43-,44+,49+,50-,51-,52-,53-,54-,55+,56-,57-,58-,59-,60-,61-,63-,64-,65-,66+/m0/s1. The molecule has 16 amide bonds. The molecule has 50 heteroatoms. The number of guanidine groups is 1. The van der Waals surface area contributed by atoms with Crippen molar-refractivity contribution in [2.24, 2.45) is 62.7 Å². The van der Waals surface area contributed by atoms with Crippen molar-refractivity contribution in [3.05, 3.63) is 59.7 Å². The summed E-state index contributed by atoms with van der Waals surface area (Å²) in [5.74, 6) is -20.2. The zero-order valence-corrected chi connectivity index (χ0v) is 78.8. The number of nitrogens with zero attached hydrogens (tertiary/aromatic N) is 2. The molecule has 1 aliphatic rings. The minimum atomic E-state index is -2.04. The van der Waals surface area contributed by atoms with Gasteiger partial charge in [0.1, 0.15) is 102 Å². The van der Waals surface area contributed by atoms with E-state index in [-0.39, 0.29) is 139 Å². The highest BCUT2D eigenvalue weighted by molar-refractivity contribution is 7.81. The number of likely N-dealkylation sites (tertiary alicyclic amines) is 1. The zero-order chi connectivity index (χ0) is 101. The lowest BCUT2D eigenvalue weighted by Crippen LogP contribution is -2.64. The van der Waals surface area contributed by atoms with Gasteiger partial charge in [-0.2, -0.15) is 25.3 Å². The summed E-state index contributed by atoms with van der Waals surface area (Å²) in [5.41, 5.74) is 47.2. The molecule has 134 heavy (non-hydrogen) atoms. The number of primary amides is 1. The highest BCUT2D eigenvalue weighted by Crippen LogP contribution is 2.25. The molecule has 0 unspecified atom stereocenters. The van der Waals surface area contributed by atoms with Crippen LogP contribution in [-0.2, 0) is 94.3 Å². The number of carboxylic acids is 1. The third kappa shape index (κ3) is 40.1. The van der Waals surface area contributed by atoms with Crippen LogP contribution in [0, 0.1) is 11.8 Å². The monoisotopic (exact) mass is 1930 g/mol. The van der Waals surface area contributed by atoms with E-state index in [2.05, 4.69) is 110 Å². The number of nitrogens with two attached hydrogens (primary N) is 8. The van der Waals surface area contributed by atoms with Crippen molar-refractivity contribution < 1.29 is 112 Å². The molecule has 0 aliphatic carbocycles. The zero-order valence-electron chi connectivity index (χ0n) is 77.0. The number of nitrogens with one attached hydrogen (secondary N) is 15. The number of rotatable bonds is 61. The minimum Gasteiger partial charge on any atom is -0.508 e. The van der Waals surface area contributed by atoms with Gasteiger partial charge in [0.05, 0.1) is 31.3 Å². The number of benzene rings is 2. The molecule has 37 N–H and O–H groups in total. The number of carbonyl (C=O) groups excluding carboxylic acids is 16. The van der Waals surface area contributed by atoms with Crippen LogP contribution in [0.5, 0.6) is 11.5 Å². The number of unbranched alkanes of at least 4 members (excludes halogenated alkanes) is 1. The molecule has 2 aromatic carbocycles. The molecule has 1 heterocycles. The van der Waals surface area contributed by atoms with Gasteiger partial charge in [0.25, 0.3) is 0 Å². The maximum Gasteiger partial charge on any atom is 0.326 e. The number of carbonyl (C=O) groups is 17. The summed E-state index contributed by atoms with van der Waals surface area (Å²) in [6.07, 6.45) is -5.60. The third-order valence-corrected chi connectivity index (χ3v) is 22.3. The fraction of sp³-hybridized carbons (Fsp3) is 0.643. The van der Waals surface area contributed by atoms with E-state index in [0.29, 0.717) is 24.0 Å². The number of amides is 16. The minimum absolute atomic E-state index is 0.0252. The predicted molar refractivity (Wildman–Crippen MR) is 498 cm³/mol. The molecule has 0 spiro atoms. The number of thiol groups is 2. The summed E-state index contributed by atoms with van der Waals surface area (Å²) >= 11 is 8.81. The first kappa shape index (κ1) is 117. The summed E-state index contributed by atoms with van der Waals surface area (Å²) in [6, 6.07) is -14.9. The topological polar surface area (TPSA) is 816 Å². The van der Waals surface area contributed by atoms with E-state index in [4.69, 9.17) is 45.9 Å². The summed E-state index contributed by atoms with van der Waals surface area (Å²) in [4.78, 5) is 244. The molecule has 0 saturated carbocycles. The van der Waals surface area contributed by atoms with Gasteiger partial charge < -0.3 is 161 Å². The van der Waals surface area contributed by atoms with E-state index in [9.17, 15) is 112 Å². The number of aliphatic hydroxyl groups is 3. The predicted octanol–water partition coefficient (Wildman–Crippen LogP) is -9.75. The number of aliphatic imine (C=N–C) groups is 1. The van der Waals surface area contributed by atoms with Crippen molar-refractivity contribution in [1.82, 2.24) is 84.7 Å². The van der Waals surface area contributed by atoms with E-state index in [1.165, 1.54) is 62.4 Å². The lowest BCUT2D eigenvalue weighted by atomic mass is 9.95. The lowest BCUT2D eigenvalue weighted by Gasteiger charge is -2.34. The SMILES string of the molecule is CC[C@H](C)[C@H](NC(=O)[C@@H]1C[C@@H](O)CN1C(=O)[C@@H](N)C(C)C)C(=O)N[C@H](C(=O)N[C@@H](Cc1ccc(O)cc1)C(=O)N[C@@H](CO)C(=O)N[C@@H](CC(N)=O)C(=O)N[C@@H](CCCN=C(N)N)C(=O)N[C@@H](CCN)C(=O)N[C@H](C(=O)N[C@H](CCNC(C)C)C(=O)N[C@@H](CCCCN)C(=O)N[C@@H](CCN)C(=O)N[C@@H](CCN)C(=O)N[C@@H](CS)C(=O)N[C@@H](Cc1ccc(O)cc1)C(=O)O)[C@@H](C)O)C(C)(C)S. The number of hydrogen-bond donors (Lipinski definition) is 31. The fourth-order valence-electron chi connectivity index (χ4n) is 13.7. The number of phenols is 2. The van der Waals surface area contributed by atoms with Crippen molar-refractivity contribution in [2.75, 3.05) is 58.2 Å². The molecule has 0 bridgehead atoms. The molecule has 1 saturated heterocycles. The number of hydrogen-bond acceptors (Lipinski definition) is 31.